The molecule has 2 aromatic carbocycles. The number of carbonyl (C=O) groups is 1. The first-order chi connectivity index (χ1) is 9.08. The molecular weight excluding hydrogens is 305 g/mol. The number of rotatable bonds is 3. The Balaban J connectivity index is 2.10. The van der Waals surface area contributed by atoms with Gasteiger partial charge in [-0.2, -0.15) is 0 Å². The predicted octanol–water partition coefficient (Wildman–Crippen LogP) is 4.58. The highest BCUT2D eigenvalue weighted by Gasteiger charge is 2.11. The normalized spacial score (nSPS) is 10.3. The Morgan fingerprint density at radius 2 is 1.74 bits per heavy atom. The van der Waals surface area contributed by atoms with Crippen LogP contribution in [-0.2, 0) is 6.54 Å². The lowest BCUT2D eigenvalue weighted by molar-refractivity contribution is 0.0951. The van der Waals surface area contributed by atoms with Gasteiger partial charge in [0.25, 0.3) is 5.91 Å². The van der Waals surface area contributed by atoms with E-state index in [1.165, 1.54) is 6.07 Å². The second-order valence-corrected chi connectivity index (χ2v) is 5.15. The van der Waals surface area contributed by atoms with Gasteiger partial charge in [-0.3, -0.25) is 4.79 Å². The predicted molar refractivity (Wildman–Crippen MR) is 79.1 cm³/mol. The molecule has 0 saturated heterocycles. The molecule has 2 nitrogen and oxygen atoms in total. The highest BCUT2D eigenvalue weighted by Crippen LogP contribution is 2.21. The average molecular weight is 315 g/mol. The van der Waals surface area contributed by atoms with Crippen LogP contribution in [0.3, 0.4) is 0 Å². The van der Waals surface area contributed by atoms with Crippen molar-refractivity contribution in [2.24, 2.45) is 0 Å². The fourth-order valence-corrected chi connectivity index (χ4v) is 2.16. The van der Waals surface area contributed by atoms with Gasteiger partial charge in [-0.1, -0.05) is 53.0 Å². The molecule has 0 aliphatic rings. The van der Waals surface area contributed by atoms with Crippen LogP contribution in [0.4, 0.5) is 0 Å². The van der Waals surface area contributed by atoms with Gasteiger partial charge in [-0.15, -0.1) is 0 Å². The van der Waals surface area contributed by atoms with E-state index >= 15 is 0 Å². The number of benzene rings is 2. The molecule has 1 N–H and O–H groups in total. The third-order valence-corrected chi connectivity index (χ3v) is 3.50. The molecule has 0 heterocycles. The zero-order chi connectivity index (χ0) is 13.8. The Labute approximate surface area is 126 Å². The van der Waals surface area contributed by atoms with Crippen molar-refractivity contribution in [3.63, 3.8) is 0 Å². The van der Waals surface area contributed by atoms with Gasteiger partial charge in [0.2, 0.25) is 0 Å². The standard InChI is InChI=1S/C14H10Cl3NO/c15-10-5-6-13(17)11(7-10)14(19)18-8-9-3-1-2-4-12(9)16/h1-7H,8H2,(H,18,19). The van der Waals surface area contributed by atoms with Crippen LogP contribution < -0.4 is 5.32 Å². The van der Waals surface area contributed by atoms with Crippen LogP contribution in [0.1, 0.15) is 15.9 Å². The van der Waals surface area contributed by atoms with Gasteiger partial charge in [0.1, 0.15) is 0 Å². The minimum atomic E-state index is -0.285. The molecule has 98 valence electrons. The number of hydrogen-bond donors (Lipinski definition) is 1. The van der Waals surface area contributed by atoms with E-state index in [1.54, 1.807) is 18.2 Å². The summed E-state index contributed by atoms with van der Waals surface area (Å²) in [6.45, 7) is 0.335. The summed E-state index contributed by atoms with van der Waals surface area (Å²) < 4.78 is 0. The van der Waals surface area contributed by atoms with Gasteiger partial charge in [-0.25, -0.2) is 0 Å². The van der Waals surface area contributed by atoms with Crippen molar-refractivity contribution < 1.29 is 4.79 Å². The van der Waals surface area contributed by atoms with Crippen LogP contribution in [0.2, 0.25) is 15.1 Å². The average Bonchev–Trinajstić information content (AvgIpc) is 2.40. The summed E-state index contributed by atoms with van der Waals surface area (Å²) in [6.07, 6.45) is 0. The van der Waals surface area contributed by atoms with Crippen LogP contribution in [0.25, 0.3) is 0 Å². The Kier molecular flexibility index (Phi) is 4.70. The zero-order valence-electron chi connectivity index (χ0n) is 9.79. The van der Waals surface area contributed by atoms with Crippen LogP contribution in [0, 0.1) is 0 Å². The largest absolute Gasteiger partial charge is 0.348 e. The smallest absolute Gasteiger partial charge is 0.253 e. The summed E-state index contributed by atoms with van der Waals surface area (Å²) in [6, 6.07) is 12.1. The topological polar surface area (TPSA) is 29.1 Å². The third-order valence-electron chi connectivity index (χ3n) is 2.57. The number of amides is 1. The van der Waals surface area contributed by atoms with Gasteiger partial charge < -0.3 is 5.32 Å². The molecule has 2 aromatic rings. The first-order valence-corrected chi connectivity index (χ1v) is 6.68. The fraction of sp³-hybridized carbons (Fsp3) is 0.0714. The second-order valence-electron chi connectivity index (χ2n) is 3.90. The van der Waals surface area contributed by atoms with Gasteiger partial charge in [0.05, 0.1) is 10.6 Å². The van der Waals surface area contributed by atoms with Gasteiger partial charge in [0.15, 0.2) is 0 Å². The van der Waals surface area contributed by atoms with E-state index in [9.17, 15) is 4.79 Å². The Hall–Kier alpha value is -1.22. The molecule has 0 bridgehead atoms. The lowest BCUT2D eigenvalue weighted by Crippen LogP contribution is -2.23. The maximum absolute atomic E-state index is 12.0. The van der Waals surface area contributed by atoms with Crippen molar-refractivity contribution in [3.8, 4) is 0 Å². The molecule has 2 rings (SSSR count). The lowest BCUT2D eigenvalue weighted by Gasteiger charge is -2.08. The molecule has 0 atom stereocenters. The van der Waals surface area contributed by atoms with E-state index in [-0.39, 0.29) is 5.91 Å². The van der Waals surface area contributed by atoms with Crippen molar-refractivity contribution in [2.45, 2.75) is 6.54 Å². The lowest BCUT2D eigenvalue weighted by atomic mass is 10.2. The Bertz CT molecular complexity index is 613. The van der Waals surface area contributed by atoms with E-state index in [1.807, 2.05) is 18.2 Å². The van der Waals surface area contributed by atoms with Crippen molar-refractivity contribution >= 4 is 40.7 Å². The van der Waals surface area contributed by atoms with Crippen LogP contribution in [-0.4, -0.2) is 5.91 Å². The Morgan fingerprint density at radius 3 is 2.47 bits per heavy atom. The minimum absolute atomic E-state index is 0.285. The molecule has 5 heteroatoms. The quantitative estimate of drug-likeness (QED) is 0.883. The Morgan fingerprint density at radius 1 is 1.00 bits per heavy atom. The van der Waals surface area contributed by atoms with E-state index in [4.69, 9.17) is 34.8 Å². The maximum Gasteiger partial charge on any atom is 0.253 e. The van der Waals surface area contributed by atoms with Crippen molar-refractivity contribution in [3.05, 3.63) is 68.7 Å². The molecule has 0 unspecified atom stereocenters. The summed E-state index contributed by atoms with van der Waals surface area (Å²) in [5, 5.41) is 4.20. The first kappa shape index (κ1) is 14.2. The van der Waals surface area contributed by atoms with E-state index in [0.717, 1.165) is 5.56 Å². The first-order valence-electron chi connectivity index (χ1n) is 5.54. The summed E-state index contributed by atoms with van der Waals surface area (Å²) in [4.78, 5) is 12.0. The number of carbonyl (C=O) groups excluding carboxylic acids is 1. The third kappa shape index (κ3) is 3.63. The summed E-state index contributed by atoms with van der Waals surface area (Å²) in [5.41, 5.74) is 1.19. The molecule has 19 heavy (non-hydrogen) atoms. The summed E-state index contributed by atoms with van der Waals surface area (Å²) in [7, 11) is 0. The van der Waals surface area contributed by atoms with Gasteiger partial charge >= 0.3 is 0 Å². The van der Waals surface area contributed by atoms with Crippen LogP contribution in [0.15, 0.2) is 42.5 Å². The van der Waals surface area contributed by atoms with Crippen molar-refractivity contribution in [1.29, 1.82) is 0 Å². The fourth-order valence-electron chi connectivity index (χ4n) is 1.58. The summed E-state index contributed by atoms with van der Waals surface area (Å²) >= 11 is 17.8. The van der Waals surface area contributed by atoms with Crippen molar-refractivity contribution in [2.75, 3.05) is 0 Å². The van der Waals surface area contributed by atoms with E-state index in [0.29, 0.717) is 27.2 Å². The second kappa shape index (κ2) is 6.29. The molecule has 0 saturated carbocycles. The van der Waals surface area contributed by atoms with Crippen LogP contribution in [0.5, 0.6) is 0 Å². The molecule has 0 aliphatic carbocycles. The molecule has 0 aromatic heterocycles. The van der Waals surface area contributed by atoms with Crippen LogP contribution >= 0.6 is 34.8 Å². The minimum Gasteiger partial charge on any atom is -0.348 e. The molecular formula is C14H10Cl3NO. The van der Waals surface area contributed by atoms with E-state index < -0.39 is 0 Å². The molecule has 0 radical (unpaired) electrons. The monoisotopic (exact) mass is 313 g/mol. The number of hydrogen-bond acceptors (Lipinski definition) is 1. The zero-order valence-corrected chi connectivity index (χ0v) is 12.1. The van der Waals surface area contributed by atoms with Crippen molar-refractivity contribution in [1.82, 2.24) is 5.32 Å². The maximum atomic E-state index is 12.0. The van der Waals surface area contributed by atoms with E-state index in [2.05, 4.69) is 5.32 Å². The molecule has 1 amide bonds. The molecule has 0 fully saturated rings. The molecule has 0 aliphatic heterocycles. The van der Waals surface area contributed by atoms with Gasteiger partial charge in [0, 0.05) is 16.6 Å². The van der Waals surface area contributed by atoms with Gasteiger partial charge in [-0.05, 0) is 29.8 Å². The number of nitrogens with one attached hydrogen (secondary N) is 1. The molecule has 0 spiro atoms. The summed E-state index contributed by atoms with van der Waals surface area (Å²) in [5.74, 6) is -0.285. The number of halogens is 3. The highest BCUT2D eigenvalue weighted by atomic mass is 35.5. The highest BCUT2D eigenvalue weighted by molar-refractivity contribution is 6.35. The SMILES string of the molecule is O=C(NCc1ccccc1Cl)c1cc(Cl)ccc1Cl.